The quantitative estimate of drug-likeness (QED) is 0.217. The highest BCUT2D eigenvalue weighted by atomic mass is 16.2. The number of rotatable bonds is 13. The van der Waals surface area contributed by atoms with Crippen LogP contribution in [-0.4, -0.2) is 58.1 Å². The first-order valence-electron chi connectivity index (χ1n) is 14.4. The van der Waals surface area contributed by atoms with Crippen LogP contribution in [0.5, 0.6) is 0 Å². The van der Waals surface area contributed by atoms with Crippen molar-refractivity contribution in [2.24, 2.45) is 5.73 Å². The van der Waals surface area contributed by atoms with E-state index in [0.717, 1.165) is 40.6 Å². The molecule has 0 radical (unpaired) electrons. The summed E-state index contributed by atoms with van der Waals surface area (Å²) in [7, 11) is 0. The summed E-state index contributed by atoms with van der Waals surface area (Å²) in [5, 5.41) is 4.22. The molecule has 2 aromatic carbocycles. The van der Waals surface area contributed by atoms with Gasteiger partial charge in [0.2, 0.25) is 0 Å². The Morgan fingerprint density at radius 1 is 1.00 bits per heavy atom. The minimum atomic E-state index is -0.705. The molecule has 0 spiro atoms. The lowest BCUT2D eigenvalue weighted by Crippen LogP contribution is -2.68. The fourth-order valence-corrected chi connectivity index (χ4v) is 6.47. The third-order valence-corrected chi connectivity index (χ3v) is 8.39. The van der Waals surface area contributed by atoms with Gasteiger partial charge in [0.15, 0.2) is 12.1 Å². The van der Waals surface area contributed by atoms with Gasteiger partial charge in [-0.1, -0.05) is 55.0 Å². The van der Waals surface area contributed by atoms with Gasteiger partial charge in [0.05, 0.1) is 13.5 Å². The van der Waals surface area contributed by atoms with Crippen LogP contribution in [0.4, 0.5) is 0 Å². The molecular formula is C32H41N4O4+. The largest absolute Gasteiger partial charge is 0.364 e. The van der Waals surface area contributed by atoms with E-state index in [1.807, 2.05) is 36.4 Å². The molecule has 0 aliphatic carbocycles. The molecule has 1 saturated heterocycles. The Labute approximate surface area is 235 Å². The van der Waals surface area contributed by atoms with Crippen LogP contribution in [0.2, 0.25) is 0 Å². The zero-order valence-electron chi connectivity index (χ0n) is 23.6. The maximum Gasteiger partial charge on any atom is 0.311 e. The van der Waals surface area contributed by atoms with Gasteiger partial charge in [0.1, 0.15) is 5.78 Å². The topological polar surface area (TPSA) is 122 Å². The Kier molecular flexibility index (Phi) is 9.53. The molecule has 8 nitrogen and oxygen atoms in total. The monoisotopic (exact) mass is 545 g/mol. The number of aromatic nitrogens is 1. The van der Waals surface area contributed by atoms with Crippen molar-refractivity contribution < 1.29 is 23.7 Å². The molecule has 1 unspecified atom stereocenters. The first-order chi connectivity index (χ1) is 19.3. The second-order valence-corrected chi connectivity index (χ2v) is 11.0. The fraction of sp³-hybridized carbons (Fsp3) is 0.438. The van der Waals surface area contributed by atoms with Crippen molar-refractivity contribution in [1.29, 1.82) is 0 Å². The summed E-state index contributed by atoms with van der Waals surface area (Å²) in [5.74, 6) is -0.820. The number of unbranched alkanes of at least 4 members (excludes halogenated alkanes) is 2. The third-order valence-electron chi connectivity index (χ3n) is 8.39. The van der Waals surface area contributed by atoms with Gasteiger partial charge in [-0.2, -0.15) is 0 Å². The number of fused-ring (bicyclic) bond motifs is 1. The van der Waals surface area contributed by atoms with Gasteiger partial charge in [-0.15, -0.1) is 0 Å². The van der Waals surface area contributed by atoms with Gasteiger partial charge in [-0.25, -0.2) is 9.28 Å². The van der Waals surface area contributed by atoms with Crippen molar-refractivity contribution in [3.63, 3.8) is 0 Å². The number of carbonyl (C=O) groups is 4. The Morgan fingerprint density at radius 3 is 2.42 bits per heavy atom. The molecule has 1 aliphatic rings. The Balaban J connectivity index is 1.55. The third kappa shape index (κ3) is 6.17. The Hall–Kier alpha value is -3.78. The molecule has 0 saturated carbocycles. The summed E-state index contributed by atoms with van der Waals surface area (Å²) < 4.78 is -0.212. The number of likely N-dealkylation sites (tertiary alicyclic amines) is 1. The van der Waals surface area contributed by atoms with E-state index >= 15 is 0 Å². The maximum absolute atomic E-state index is 13.8. The number of hydrogen-bond acceptors (Lipinski definition) is 4. The average molecular weight is 546 g/mol. The Bertz CT molecular complexity index is 1370. The van der Waals surface area contributed by atoms with Crippen LogP contribution in [0.15, 0.2) is 54.6 Å². The number of Topliss-reactive ketones (excluding diaryl/α,β-unsaturated/α-hetero) is 1. The molecule has 1 aliphatic heterocycles. The number of para-hydroxylation sites is 1. The van der Waals surface area contributed by atoms with E-state index in [4.69, 9.17) is 5.73 Å². The van der Waals surface area contributed by atoms with E-state index in [1.165, 1.54) is 6.92 Å². The molecule has 4 N–H and O–H groups in total. The molecular weight excluding hydrogens is 504 g/mol. The van der Waals surface area contributed by atoms with Gasteiger partial charge in [-0.3, -0.25) is 9.59 Å². The molecule has 2 heterocycles. The van der Waals surface area contributed by atoms with E-state index < -0.39 is 18.0 Å². The SMILES string of the molecule is CC(=O)CCCCC[C@@H](C(=O)NCCc1c(-c2ccccc2)[nH]c2ccccc12)[N+]1(C(C)=O)CCC[C@@H]1C(N)=O. The number of amides is 3. The molecule has 8 heteroatoms. The van der Waals surface area contributed by atoms with Crippen LogP contribution >= 0.6 is 0 Å². The molecule has 4 rings (SSSR count). The van der Waals surface area contributed by atoms with Crippen LogP contribution in [0.25, 0.3) is 22.2 Å². The lowest BCUT2D eigenvalue weighted by atomic mass is 9.99. The van der Waals surface area contributed by atoms with Crippen molar-refractivity contribution in [1.82, 2.24) is 10.3 Å². The minimum absolute atomic E-state index is 0.141. The first-order valence-corrected chi connectivity index (χ1v) is 14.4. The molecule has 1 fully saturated rings. The standard InChI is InChI=1S/C32H40N4O4/c1-22(37)12-5-3-8-17-29(36(23(2)38)21-11-18-28(36)31(33)39)32(40)34-20-19-26-25-15-9-10-16-27(25)35-30(26)24-13-6-4-7-14-24/h4,6-7,9-10,13-16,28-29,35H,3,5,8,11-12,17-21H2,1-2H3,(H2-,33,34,39,40)/p+1/t28-,29+,36?/m1/s1. The maximum atomic E-state index is 13.8. The average Bonchev–Trinajstić information content (AvgIpc) is 3.54. The lowest BCUT2D eigenvalue weighted by Gasteiger charge is -2.41. The second-order valence-electron chi connectivity index (χ2n) is 11.0. The summed E-state index contributed by atoms with van der Waals surface area (Å²) in [4.78, 5) is 54.3. The molecule has 40 heavy (non-hydrogen) atoms. The number of carbonyl (C=O) groups excluding carboxylic acids is 4. The van der Waals surface area contributed by atoms with Crippen molar-refractivity contribution in [2.75, 3.05) is 13.1 Å². The van der Waals surface area contributed by atoms with Crippen LogP contribution in [0.3, 0.4) is 0 Å². The van der Waals surface area contributed by atoms with Gasteiger partial charge < -0.3 is 20.8 Å². The second kappa shape index (κ2) is 13.0. The number of hydrogen-bond donors (Lipinski definition) is 3. The highest BCUT2D eigenvalue weighted by Crippen LogP contribution is 2.34. The summed E-state index contributed by atoms with van der Waals surface area (Å²) in [6.45, 7) is 3.86. The minimum Gasteiger partial charge on any atom is -0.364 e. The molecule has 1 aromatic heterocycles. The number of H-pyrrole nitrogens is 1. The van der Waals surface area contributed by atoms with E-state index in [0.29, 0.717) is 51.6 Å². The smallest absolute Gasteiger partial charge is 0.311 e. The fourth-order valence-electron chi connectivity index (χ4n) is 6.47. The number of quaternary nitrogens is 1. The van der Waals surface area contributed by atoms with E-state index in [9.17, 15) is 19.2 Å². The van der Waals surface area contributed by atoms with Crippen LogP contribution in [0, 0.1) is 0 Å². The zero-order chi connectivity index (χ0) is 28.7. The summed E-state index contributed by atoms with van der Waals surface area (Å²) in [6, 6.07) is 16.8. The lowest BCUT2D eigenvalue weighted by molar-refractivity contribution is -0.873. The summed E-state index contributed by atoms with van der Waals surface area (Å²) in [6.07, 6.45) is 4.92. The van der Waals surface area contributed by atoms with Gasteiger partial charge >= 0.3 is 5.91 Å². The van der Waals surface area contributed by atoms with Crippen LogP contribution in [-0.2, 0) is 25.6 Å². The van der Waals surface area contributed by atoms with E-state index in [1.54, 1.807) is 6.92 Å². The predicted molar refractivity (Wildman–Crippen MR) is 156 cm³/mol. The number of nitrogens with zero attached hydrogens (tertiary/aromatic N) is 1. The number of ketones is 1. The molecule has 0 bridgehead atoms. The van der Waals surface area contributed by atoms with Crippen LogP contribution < -0.4 is 11.1 Å². The normalized spacial score (nSPS) is 19.4. The van der Waals surface area contributed by atoms with Gasteiger partial charge in [0.25, 0.3) is 11.8 Å². The number of aromatic amines is 1. The van der Waals surface area contributed by atoms with Crippen molar-refractivity contribution >= 4 is 34.4 Å². The van der Waals surface area contributed by atoms with E-state index in [-0.39, 0.29) is 22.1 Å². The Morgan fingerprint density at radius 2 is 1.73 bits per heavy atom. The predicted octanol–water partition coefficient (Wildman–Crippen LogP) is 4.41. The first kappa shape index (κ1) is 29.2. The molecule has 3 aromatic rings. The van der Waals surface area contributed by atoms with Crippen LogP contribution in [0.1, 0.15) is 64.4 Å². The number of primary amides is 1. The number of benzene rings is 2. The van der Waals surface area contributed by atoms with Crippen molar-refractivity contribution in [3.8, 4) is 11.3 Å². The zero-order valence-corrected chi connectivity index (χ0v) is 23.6. The van der Waals surface area contributed by atoms with E-state index in [2.05, 4.69) is 28.5 Å². The number of nitrogens with two attached hydrogens (primary N) is 1. The molecule has 212 valence electrons. The number of nitrogens with one attached hydrogen (secondary N) is 2. The summed E-state index contributed by atoms with van der Waals surface area (Å²) >= 11 is 0. The highest BCUT2D eigenvalue weighted by molar-refractivity contribution is 5.91. The van der Waals surface area contributed by atoms with Gasteiger partial charge in [-0.05, 0) is 43.4 Å². The van der Waals surface area contributed by atoms with Crippen molar-refractivity contribution in [2.45, 2.75) is 77.3 Å². The van der Waals surface area contributed by atoms with Crippen molar-refractivity contribution in [3.05, 3.63) is 60.2 Å². The molecule has 3 amide bonds. The summed E-state index contributed by atoms with van der Waals surface area (Å²) in [5.41, 5.74) is 10.0. The highest BCUT2D eigenvalue weighted by Gasteiger charge is 2.56. The van der Waals surface area contributed by atoms with Gasteiger partial charge in [0, 0.05) is 48.8 Å². The molecule has 3 atom stereocenters.